The fourth-order valence-electron chi connectivity index (χ4n) is 1.97. The van der Waals surface area contributed by atoms with E-state index < -0.39 is 12.0 Å². The van der Waals surface area contributed by atoms with Crippen LogP contribution in [0.25, 0.3) is 0 Å². The van der Waals surface area contributed by atoms with E-state index in [-0.39, 0.29) is 17.4 Å². The average Bonchev–Trinajstić information content (AvgIpc) is 2.79. The highest BCUT2D eigenvalue weighted by Gasteiger charge is 2.42. The van der Waals surface area contributed by atoms with Crippen LogP contribution >= 0.6 is 11.8 Å². The van der Waals surface area contributed by atoms with Gasteiger partial charge in [-0.25, -0.2) is 9.59 Å². The minimum atomic E-state index is -0.913. The minimum Gasteiger partial charge on any atom is -0.480 e. The van der Waals surface area contributed by atoms with Crippen molar-refractivity contribution in [2.24, 2.45) is 0 Å². The highest BCUT2D eigenvalue weighted by atomic mass is 32.2. The summed E-state index contributed by atoms with van der Waals surface area (Å²) in [7, 11) is 1.74. The molecule has 0 saturated carbocycles. The Hall–Kier alpha value is -0.910. The van der Waals surface area contributed by atoms with Gasteiger partial charge < -0.3 is 10.0 Å². The Morgan fingerprint density at radius 3 is 2.56 bits per heavy atom. The lowest BCUT2D eigenvalue weighted by Gasteiger charge is -2.33. The van der Waals surface area contributed by atoms with Crippen molar-refractivity contribution in [2.75, 3.05) is 12.8 Å². The summed E-state index contributed by atoms with van der Waals surface area (Å²) in [6.07, 6.45) is 1.63. The lowest BCUT2D eigenvalue weighted by Crippen LogP contribution is -2.52. The summed E-state index contributed by atoms with van der Waals surface area (Å²) >= 11 is 1.55. The van der Waals surface area contributed by atoms with Crippen LogP contribution in [0, 0.1) is 0 Å². The largest absolute Gasteiger partial charge is 0.480 e. The molecule has 0 spiro atoms. The average molecular weight is 274 g/mol. The first-order chi connectivity index (χ1) is 8.43. The van der Waals surface area contributed by atoms with Gasteiger partial charge in [0.1, 0.15) is 6.04 Å². The SMILES string of the molecule is CCC(C)N(C)C(=O)N1C(CC)SCC1C(=O)O. The molecular formula is C12H22N2O3S. The number of rotatable bonds is 4. The summed E-state index contributed by atoms with van der Waals surface area (Å²) in [5, 5.41) is 9.17. The van der Waals surface area contributed by atoms with E-state index in [9.17, 15) is 14.7 Å². The first kappa shape index (κ1) is 15.1. The summed E-state index contributed by atoms with van der Waals surface area (Å²) in [6, 6.07) is -0.748. The number of carbonyl (C=O) groups excluding carboxylic acids is 1. The molecule has 1 rings (SSSR count). The molecule has 1 heterocycles. The van der Waals surface area contributed by atoms with Crippen LogP contribution in [0.15, 0.2) is 0 Å². The van der Waals surface area contributed by atoms with E-state index in [1.54, 1.807) is 23.7 Å². The van der Waals surface area contributed by atoms with Crippen molar-refractivity contribution in [1.29, 1.82) is 0 Å². The van der Waals surface area contributed by atoms with Crippen molar-refractivity contribution >= 4 is 23.8 Å². The third-order valence-electron chi connectivity index (χ3n) is 3.50. The third kappa shape index (κ3) is 2.91. The van der Waals surface area contributed by atoms with Gasteiger partial charge in [-0.3, -0.25) is 4.90 Å². The number of carboxylic acid groups (broad SMARTS) is 1. The molecule has 0 aromatic heterocycles. The fourth-order valence-corrected chi connectivity index (χ4v) is 3.31. The normalized spacial score (nSPS) is 25.0. The van der Waals surface area contributed by atoms with Crippen LogP contribution in [-0.4, -0.2) is 57.2 Å². The van der Waals surface area contributed by atoms with Crippen molar-refractivity contribution in [2.45, 2.75) is 51.1 Å². The Labute approximate surface area is 113 Å². The molecule has 5 nitrogen and oxygen atoms in total. The van der Waals surface area contributed by atoms with Gasteiger partial charge in [0.2, 0.25) is 0 Å². The summed E-state index contributed by atoms with van der Waals surface area (Å²) in [4.78, 5) is 26.8. The molecule has 3 unspecified atom stereocenters. The van der Waals surface area contributed by atoms with Crippen LogP contribution in [0.5, 0.6) is 0 Å². The molecule has 1 N–H and O–H groups in total. The zero-order valence-electron chi connectivity index (χ0n) is 11.4. The molecule has 104 valence electrons. The van der Waals surface area contributed by atoms with Gasteiger partial charge in [0.25, 0.3) is 0 Å². The van der Waals surface area contributed by atoms with Gasteiger partial charge in [0.05, 0.1) is 5.37 Å². The van der Waals surface area contributed by atoms with E-state index in [1.165, 1.54) is 4.90 Å². The van der Waals surface area contributed by atoms with E-state index in [4.69, 9.17) is 0 Å². The van der Waals surface area contributed by atoms with Gasteiger partial charge in [-0.15, -0.1) is 11.8 Å². The first-order valence-electron chi connectivity index (χ1n) is 6.33. The number of carboxylic acids is 1. The molecule has 2 amide bonds. The van der Waals surface area contributed by atoms with E-state index in [2.05, 4.69) is 0 Å². The highest BCUT2D eigenvalue weighted by Crippen LogP contribution is 2.32. The van der Waals surface area contributed by atoms with Gasteiger partial charge in [0, 0.05) is 18.8 Å². The maximum atomic E-state index is 12.4. The van der Waals surface area contributed by atoms with Gasteiger partial charge in [0.15, 0.2) is 0 Å². The molecule has 0 aliphatic carbocycles. The van der Waals surface area contributed by atoms with Gasteiger partial charge >= 0.3 is 12.0 Å². The number of hydrogen-bond donors (Lipinski definition) is 1. The summed E-state index contributed by atoms with van der Waals surface area (Å²) in [5.74, 6) is -0.433. The van der Waals surface area contributed by atoms with Crippen molar-refractivity contribution in [3.8, 4) is 0 Å². The number of amides is 2. The summed E-state index contributed by atoms with van der Waals surface area (Å²) in [6.45, 7) is 5.96. The maximum absolute atomic E-state index is 12.4. The maximum Gasteiger partial charge on any atom is 0.327 e. The zero-order valence-corrected chi connectivity index (χ0v) is 12.2. The van der Waals surface area contributed by atoms with E-state index in [0.29, 0.717) is 5.75 Å². The number of thioether (sulfide) groups is 1. The second-order valence-electron chi connectivity index (χ2n) is 4.61. The van der Waals surface area contributed by atoms with E-state index >= 15 is 0 Å². The van der Waals surface area contributed by atoms with Crippen molar-refractivity contribution in [1.82, 2.24) is 9.80 Å². The third-order valence-corrected chi connectivity index (χ3v) is 4.95. The molecule has 0 aromatic rings. The van der Waals surface area contributed by atoms with Crippen LogP contribution in [0.1, 0.15) is 33.6 Å². The van der Waals surface area contributed by atoms with Crippen molar-refractivity contribution in [3.05, 3.63) is 0 Å². The van der Waals surface area contributed by atoms with Crippen molar-refractivity contribution in [3.63, 3.8) is 0 Å². The monoisotopic (exact) mass is 274 g/mol. The number of nitrogens with zero attached hydrogens (tertiary/aromatic N) is 2. The molecular weight excluding hydrogens is 252 g/mol. The number of carbonyl (C=O) groups is 2. The minimum absolute atomic E-state index is 0.0230. The van der Waals surface area contributed by atoms with Gasteiger partial charge in [-0.2, -0.15) is 0 Å². The lowest BCUT2D eigenvalue weighted by atomic mass is 10.2. The molecule has 1 saturated heterocycles. The molecule has 1 fully saturated rings. The van der Waals surface area contributed by atoms with Crippen LogP contribution < -0.4 is 0 Å². The second kappa shape index (κ2) is 6.31. The standard InChI is InChI=1S/C12H22N2O3S/c1-5-8(3)13(4)12(17)14-9(11(15)16)7-18-10(14)6-2/h8-10H,5-7H2,1-4H3,(H,15,16). The number of aliphatic carboxylic acids is 1. The Balaban J connectivity index is 2.87. The molecule has 18 heavy (non-hydrogen) atoms. The predicted octanol–water partition coefficient (Wildman–Crippen LogP) is 2.07. The zero-order chi connectivity index (χ0) is 13.9. The van der Waals surface area contributed by atoms with Crippen molar-refractivity contribution < 1.29 is 14.7 Å². The number of urea groups is 1. The fraction of sp³-hybridized carbons (Fsp3) is 0.833. The second-order valence-corrected chi connectivity index (χ2v) is 5.82. The highest BCUT2D eigenvalue weighted by molar-refractivity contribution is 8.00. The molecule has 0 bridgehead atoms. The topological polar surface area (TPSA) is 60.9 Å². The Morgan fingerprint density at radius 1 is 1.50 bits per heavy atom. The van der Waals surface area contributed by atoms with Crippen LogP contribution in [0.2, 0.25) is 0 Å². The van der Waals surface area contributed by atoms with Gasteiger partial charge in [-0.05, 0) is 19.8 Å². The Bertz CT molecular complexity index is 324. The molecule has 0 aromatic carbocycles. The molecule has 0 radical (unpaired) electrons. The summed E-state index contributed by atoms with van der Waals surface area (Å²) in [5.41, 5.74) is 0. The summed E-state index contributed by atoms with van der Waals surface area (Å²) < 4.78 is 0. The molecule has 6 heteroatoms. The molecule has 1 aliphatic heterocycles. The van der Waals surface area contributed by atoms with Crippen LogP contribution in [-0.2, 0) is 4.79 Å². The van der Waals surface area contributed by atoms with E-state index in [1.807, 2.05) is 20.8 Å². The molecule has 3 atom stereocenters. The first-order valence-corrected chi connectivity index (χ1v) is 7.38. The quantitative estimate of drug-likeness (QED) is 0.852. The predicted molar refractivity (Wildman–Crippen MR) is 72.7 cm³/mol. The van der Waals surface area contributed by atoms with Crippen LogP contribution in [0.3, 0.4) is 0 Å². The van der Waals surface area contributed by atoms with Crippen LogP contribution in [0.4, 0.5) is 4.79 Å². The number of hydrogen-bond acceptors (Lipinski definition) is 3. The van der Waals surface area contributed by atoms with Gasteiger partial charge in [-0.1, -0.05) is 13.8 Å². The Morgan fingerprint density at radius 2 is 2.11 bits per heavy atom. The van der Waals surface area contributed by atoms with E-state index in [0.717, 1.165) is 12.8 Å². The lowest BCUT2D eigenvalue weighted by molar-refractivity contribution is -0.141. The smallest absolute Gasteiger partial charge is 0.327 e. The Kier molecular flexibility index (Phi) is 5.31. The molecule has 1 aliphatic rings.